The van der Waals surface area contributed by atoms with Crippen molar-refractivity contribution in [2.24, 2.45) is 0 Å². The van der Waals surface area contributed by atoms with Gasteiger partial charge in [0.1, 0.15) is 19.0 Å². The average molecular weight is 461 g/mol. The minimum Gasteiger partial charge on any atom is -0.493 e. The van der Waals surface area contributed by atoms with Crippen molar-refractivity contribution in [2.75, 3.05) is 39.2 Å². The van der Waals surface area contributed by atoms with E-state index in [9.17, 15) is 9.18 Å². The van der Waals surface area contributed by atoms with Crippen LogP contribution in [0.25, 0.3) is 10.9 Å². The lowest BCUT2D eigenvalue weighted by atomic mass is 10.2. The van der Waals surface area contributed by atoms with Gasteiger partial charge >= 0.3 is 5.97 Å². The minimum absolute atomic E-state index is 0.00899. The van der Waals surface area contributed by atoms with Crippen LogP contribution in [0.5, 0.6) is 11.5 Å². The van der Waals surface area contributed by atoms with E-state index in [-0.39, 0.29) is 17.0 Å². The van der Waals surface area contributed by atoms with Gasteiger partial charge in [-0.25, -0.2) is 14.4 Å². The number of fused-ring (bicyclic) bond motifs is 1. The van der Waals surface area contributed by atoms with E-state index in [0.29, 0.717) is 54.8 Å². The van der Waals surface area contributed by atoms with Gasteiger partial charge < -0.3 is 19.5 Å². The number of rotatable bonds is 8. The third-order valence-corrected chi connectivity index (χ3v) is 5.49. The molecular formula is C22H22ClFN4O4. The first-order valence-corrected chi connectivity index (χ1v) is 10.4. The van der Waals surface area contributed by atoms with E-state index in [1.54, 1.807) is 31.5 Å². The van der Waals surface area contributed by atoms with Gasteiger partial charge in [-0.3, -0.25) is 9.69 Å². The summed E-state index contributed by atoms with van der Waals surface area (Å²) in [5, 5.41) is 3.80. The van der Waals surface area contributed by atoms with Crippen LogP contribution in [0.3, 0.4) is 0 Å². The number of carbonyl (C=O) groups excluding carboxylic acids is 1. The minimum atomic E-state index is -0.497. The van der Waals surface area contributed by atoms with E-state index in [1.165, 1.54) is 12.1 Å². The summed E-state index contributed by atoms with van der Waals surface area (Å²) in [6.45, 7) is 1.42. The van der Waals surface area contributed by atoms with Gasteiger partial charge in [0, 0.05) is 29.9 Å². The Morgan fingerprint density at radius 1 is 1.31 bits per heavy atom. The van der Waals surface area contributed by atoms with Crippen molar-refractivity contribution in [1.29, 1.82) is 0 Å². The van der Waals surface area contributed by atoms with Crippen LogP contribution in [0.1, 0.15) is 6.42 Å². The van der Waals surface area contributed by atoms with Gasteiger partial charge in [-0.15, -0.1) is 0 Å². The first kappa shape index (κ1) is 22.0. The molecule has 0 saturated carbocycles. The smallest absolute Gasteiger partial charge is 0.307 e. The summed E-state index contributed by atoms with van der Waals surface area (Å²) in [6.07, 6.45) is 2.05. The molecule has 1 N–H and O–H groups in total. The molecule has 8 nitrogen and oxygen atoms in total. The summed E-state index contributed by atoms with van der Waals surface area (Å²) in [5.41, 5.74) is 1.22. The normalized spacial score (nSPS) is 15.8. The van der Waals surface area contributed by atoms with Crippen LogP contribution in [0.2, 0.25) is 5.02 Å². The number of nitrogens with zero attached hydrogens (tertiary/aromatic N) is 3. The highest BCUT2D eigenvalue weighted by Gasteiger charge is 2.27. The van der Waals surface area contributed by atoms with E-state index < -0.39 is 5.82 Å². The predicted molar refractivity (Wildman–Crippen MR) is 118 cm³/mol. The second-order valence-corrected chi connectivity index (χ2v) is 7.79. The summed E-state index contributed by atoms with van der Waals surface area (Å²) in [5.74, 6) is 0.770. The van der Waals surface area contributed by atoms with E-state index in [1.807, 2.05) is 11.9 Å². The SMILES string of the molecule is COc1cc2cnc(Nc3ccc(F)c(Cl)c3)nc2cc1OCCN(C)C1COC(=O)C1. The zero-order chi connectivity index (χ0) is 22.7. The molecule has 1 atom stereocenters. The number of esters is 1. The summed E-state index contributed by atoms with van der Waals surface area (Å²) < 4.78 is 29.8. The monoisotopic (exact) mass is 460 g/mol. The number of methoxy groups -OCH3 is 1. The Kier molecular flexibility index (Phi) is 6.57. The Bertz CT molecular complexity index is 1150. The van der Waals surface area contributed by atoms with Gasteiger partial charge in [-0.05, 0) is 31.3 Å². The van der Waals surface area contributed by atoms with Gasteiger partial charge in [0.2, 0.25) is 5.95 Å². The molecule has 3 aromatic rings. The standard InChI is InChI=1S/C22H22ClFN4O4/c1-28(15-9-21(29)32-12-15)5-6-31-20-10-18-13(7-19(20)30-2)11-25-22(27-18)26-14-3-4-17(24)16(23)8-14/h3-4,7-8,10-11,15H,5-6,9,12H2,1-2H3,(H,25,26,27). The second-order valence-electron chi connectivity index (χ2n) is 7.38. The average Bonchev–Trinajstić information content (AvgIpc) is 3.22. The zero-order valence-corrected chi connectivity index (χ0v) is 18.4. The Morgan fingerprint density at radius 2 is 2.16 bits per heavy atom. The fourth-order valence-electron chi connectivity index (χ4n) is 3.34. The van der Waals surface area contributed by atoms with Crippen molar-refractivity contribution in [3.05, 3.63) is 47.4 Å². The fraction of sp³-hybridized carbons (Fsp3) is 0.318. The van der Waals surface area contributed by atoms with Crippen molar-refractivity contribution in [1.82, 2.24) is 14.9 Å². The highest BCUT2D eigenvalue weighted by molar-refractivity contribution is 6.31. The summed E-state index contributed by atoms with van der Waals surface area (Å²) >= 11 is 5.84. The van der Waals surface area contributed by atoms with Gasteiger partial charge in [0.15, 0.2) is 11.5 Å². The van der Waals surface area contributed by atoms with E-state index >= 15 is 0 Å². The third-order valence-electron chi connectivity index (χ3n) is 5.20. The number of carbonyl (C=O) groups is 1. The van der Waals surface area contributed by atoms with Crippen LogP contribution in [0.4, 0.5) is 16.0 Å². The van der Waals surface area contributed by atoms with Crippen molar-refractivity contribution >= 4 is 40.1 Å². The lowest BCUT2D eigenvalue weighted by Crippen LogP contribution is -2.35. The molecule has 1 aliphatic heterocycles. The molecule has 1 fully saturated rings. The van der Waals surface area contributed by atoms with Crippen molar-refractivity contribution in [2.45, 2.75) is 12.5 Å². The number of hydrogen-bond acceptors (Lipinski definition) is 8. The van der Waals surface area contributed by atoms with E-state index in [4.69, 9.17) is 25.8 Å². The molecule has 10 heteroatoms. The quantitative estimate of drug-likeness (QED) is 0.508. The number of cyclic esters (lactones) is 1. The molecule has 0 aliphatic carbocycles. The van der Waals surface area contributed by atoms with Crippen LogP contribution in [-0.2, 0) is 9.53 Å². The largest absolute Gasteiger partial charge is 0.493 e. The molecule has 2 aromatic carbocycles. The maximum absolute atomic E-state index is 13.4. The first-order valence-electron chi connectivity index (χ1n) is 9.98. The van der Waals surface area contributed by atoms with Crippen molar-refractivity contribution < 1.29 is 23.4 Å². The first-order chi connectivity index (χ1) is 15.4. The maximum Gasteiger partial charge on any atom is 0.307 e. The maximum atomic E-state index is 13.4. The number of benzene rings is 2. The Balaban J connectivity index is 1.47. The van der Waals surface area contributed by atoms with Crippen LogP contribution >= 0.6 is 11.6 Å². The molecule has 0 bridgehead atoms. The molecule has 0 radical (unpaired) electrons. The highest BCUT2D eigenvalue weighted by atomic mass is 35.5. The van der Waals surface area contributed by atoms with Crippen LogP contribution in [0.15, 0.2) is 36.5 Å². The van der Waals surface area contributed by atoms with Crippen LogP contribution in [0, 0.1) is 5.82 Å². The lowest BCUT2D eigenvalue weighted by Gasteiger charge is -2.22. The number of anilines is 2. The molecule has 1 aromatic heterocycles. The molecule has 4 rings (SSSR count). The molecular weight excluding hydrogens is 439 g/mol. The molecule has 168 valence electrons. The highest BCUT2D eigenvalue weighted by Crippen LogP contribution is 2.32. The van der Waals surface area contributed by atoms with E-state index in [2.05, 4.69) is 15.3 Å². The Morgan fingerprint density at radius 3 is 2.88 bits per heavy atom. The molecule has 0 amide bonds. The lowest BCUT2D eigenvalue weighted by molar-refractivity contribution is -0.137. The second kappa shape index (κ2) is 9.54. The van der Waals surface area contributed by atoms with Crippen molar-refractivity contribution in [3.63, 3.8) is 0 Å². The number of likely N-dealkylation sites (N-methyl/N-ethyl adjacent to an activating group) is 1. The Hall–Kier alpha value is -3.17. The van der Waals surface area contributed by atoms with Gasteiger partial charge in [0.05, 0.1) is 30.1 Å². The van der Waals surface area contributed by atoms with Gasteiger partial charge in [-0.2, -0.15) is 0 Å². The number of nitrogens with one attached hydrogen (secondary N) is 1. The molecule has 1 unspecified atom stereocenters. The molecule has 0 spiro atoms. The number of hydrogen-bond donors (Lipinski definition) is 1. The fourth-order valence-corrected chi connectivity index (χ4v) is 3.52. The van der Waals surface area contributed by atoms with Gasteiger partial charge in [-0.1, -0.05) is 11.6 Å². The molecule has 2 heterocycles. The molecule has 1 saturated heterocycles. The van der Waals surface area contributed by atoms with Crippen molar-refractivity contribution in [3.8, 4) is 11.5 Å². The van der Waals surface area contributed by atoms with Gasteiger partial charge in [0.25, 0.3) is 0 Å². The zero-order valence-electron chi connectivity index (χ0n) is 17.6. The summed E-state index contributed by atoms with van der Waals surface area (Å²) in [7, 11) is 3.50. The van der Waals surface area contributed by atoms with Crippen LogP contribution < -0.4 is 14.8 Å². The number of aromatic nitrogens is 2. The number of ether oxygens (including phenoxy) is 3. The number of halogens is 2. The van der Waals surface area contributed by atoms with Crippen LogP contribution in [-0.4, -0.2) is 60.8 Å². The molecule has 32 heavy (non-hydrogen) atoms. The van der Waals surface area contributed by atoms with E-state index in [0.717, 1.165) is 5.39 Å². The Labute approximate surface area is 189 Å². The third kappa shape index (κ3) is 5.00. The predicted octanol–water partition coefficient (Wildman–Crippen LogP) is 3.80. The summed E-state index contributed by atoms with van der Waals surface area (Å²) in [4.78, 5) is 22.1. The topological polar surface area (TPSA) is 85.8 Å². The molecule has 1 aliphatic rings. The summed E-state index contributed by atoms with van der Waals surface area (Å²) in [6, 6.07) is 7.93.